The number of halogens is 6. The highest BCUT2D eigenvalue weighted by atomic mass is 19.2. The number of benzene rings is 3. The fourth-order valence-corrected chi connectivity index (χ4v) is 5.56. The molecule has 3 aromatic rings. The Balaban J connectivity index is 2.07. The molecule has 0 atom stereocenters. The first-order valence-corrected chi connectivity index (χ1v) is 12.6. The van der Waals surface area contributed by atoms with Crippen molar-refractivity contribution in [1.29, 1.82) is 21.0 Å². The predicted octanol–water partition coefficient (Wildman–Crippen LogP) is 8.50. The van der Waals surface area contributed by atoms with Crippen LogP contribution in [0.15, 0.2) is 35.7 Å². The quantitative estimate of drug-likeness (QED) is 0.159. The lowest BCUT2D eigenvalue weighted by molar-refractivity contribution is 0.576. The number of hydrogen-bond donors (Lipinski definition) is 0. The maximum Gasteiger partial charge on any atom is 0.270 e. The van der Waals surface area contributed by atoms with E-state index in [1.807, 2.05) is 0 Å². The van der Waals surface area contributed by atoms with Crippen LogP contribution >= 0.6 is 0 Å². The molecule has 0 aliphatic heterocycles. The van der Waals surface area contributed by atoms with Crippen molar-refractivity contribution >= 4 is 39.2 Å². The zero-order chi connectivity index (χ0) is 35.2. The van der Waals surface area contributed by atoms with Crippen LogP contribution in [0.4, 0.5) is 32.0 Å². The van der Waals surface area contributed by atoms with Gasteiger partial charge in [-0.3, -0.25) is 0 Å². The molecule has 0 saturated carbocycles. The molecular weight excluding hydrogens is 634 g/mol. The molecule has 0 fully saturated rings. The summed E-state index contributed by atoms with van der Waals surface area (Å²) < 4.78 is 95.5. The van der Waals surface area contributed by atoms with Crippen LogP contribution < -0.4 is 0 Å². The van der Waals surface area contributed by atoms with Gasteiger partial charge in [0.15, 0.2) is 5.69 Å². The Labute approximate surface area is 266 Å². The molecule has 0 spiro atoms. The first-order valence-electron chi connectivity index (χ1n) is 12.6. The molecule has 0 unspecified atom stereocenters. The Bertz CT molecular complexity index is 2340. The maximum atomic E-state index is 17.0. The Morgan fingerprint density at radius 2 is 1.00 bits per heavy atom. The van der Waals surface area contributed by atoms with Crippen molar-refractivity contribution in [2.24, 2.45) is 0 Å². The average Bonchev–Trinajstić information content (AvgIpc) is 3.58. The molecule has 0 heterocycles. The van der Waals surface area contributed by atoms with Gasteiger partial charge in [0, 0.05) is 39.0 Å². The van der Waals surface area contributed by atoms with E-state index in [4.69, 9.17) is 31.6 Å². The van der Waals surface area contributed by atoms with Crippen molar-refractivity contribution in [3.05, 3.63) is 155 Å². The molecule has 14 heteroatoms. The summed E-state index contributed by atoms with van der Waals surface area (Å²) in [7, 11) is 0. The third-order valence-electron chi connectivity index (χ3n) is 7.31. The van der Waals surface area contributed by atoms with E-state index in [0.29, 0.717) is 24.3 Å². The number of rotatable bonds is 2. The Kier molecular flexibility index (Phi) is 7.60. The van der Waals surface area contributed by atoms with Crippen molar-refractivity contribution < 1.29 is 26.3 Å². The van der Waals surface area contributed by atoms with Gasteiger partial charge in [0.2, 0.25) is 5.70 Å². The van der Waals surface area contributed by atoms with E-state index in [1.54, 1.807) is 0 Å². The fraction of sp³-hybridized carbons (Fsp3) is 0. The Morgan fingerprint density at radius 3 is 1.44 bits per heavy atom. The highest BCUT2D eigenvalue weighted by Gasteiger charge is 2.45. The van der Waals surface area contributed by atoms with Crippen LogP contribution in [0.3, 0.4) is 0 Å². The number of hydrogen-bond acceptors (Lipinski definition) is 4. The highest BCUT2D eigenvalue weighted by molar-refractivity contribution is 6.29. The summed E-state index contributed by atoms with van der Waals surface area (Å²) in [5, 5.41) is 38.8. The molecule has 2 aliphatic carbocycles. The van der Waals surface area contributed by atoms with E-state index < -0.39 is 124 Å². The lowest BCUT2D eigenvalue weighted by Crippen LogP contribution is -2.05. The smallest absolute Gasteiger partial charge is 0.238 e. The first-order chi connectivity index (χ1) is 23.0. The normalized spacial score (nSPS) is 14.6. The van der Waals surface area contributed by atoms with Crippen LogP contribution in [0.25, 0.3) is 52.9 Å². The van der Waals surface area contributed by atoms with Gasteiger partial charge >= 0.3 is 0 Å². The lowest BCUT2D eigenvalue weighted by Gasteiger charge is -2.15. The largest absolute Gasteiger partial charge is 0.270 e. The van der Waals surface area contributed by atoms with Crippen LogP contribution in [-0.2, 0) is 0 Å². The molecule has 0 amide bonds. The summed E-state index contributed by atoms with van der Waals surface area (Å²) in [6.45, 7) is 29.8. The van der Waals surface area contributed by atoms with Crippen LogP contribution in [0.5, 0.6) is 0 Å². The second-order valence-electron chi connectivity index (χ2n) is 9.54. The number of fused-ring (bicyclic) bond motifs is 2. The van der Waals surface area contributed by atoms with Gasteiger partial charge in [0.05, 0.1) is 61.2 Å². The molecule has 222 valence electrons. The molecule has 0 aromatic heterocycles. The van der Waals surface area contributed by atoms with Gasteiger partial charge in [-0.15, -0.1) is 0 Å². The molecular formula is C34H4F6N8. The van der Waals surface area contributed by atoms with Gasteiger partial charge in [-0.25, -0.2) is 56.2 Å². The summed E-state index contributed by atoms with van der Waals surface area (Å²) in [6.07, 6.45) is 0. The molecule has 0 N–H and O–H groups in total. The van der Waals surface area contributed by atoms with Crippen LogP contribution in [0, 0.1) is 107 Å². The third kappa shape index (κ3) is 4.18. The van der Waals surface area contributed by atoms with Gasteiger partial charge in [0.1, 0.15) is 41.0 Å². The van der Waals surface area contributed by atoms with E-state index in [-0.39, 0.29) is 0 Å². The van der Waals surface area contributed by atoms with Gasteiger partial charge in [-0.2, -0.15) is 10.5 Å². The highest BCUT2D eigenvalue weighted by Crippen LogP contribution is 2.58. The monoisotopic (exact) mass is 638 g/mol. The third-order valence-corrected chi connectivity index (χ3v) is 7.31. The van der Waals surface area contributed by atoms with Gasteiger partial charge in [0.25, 0.3) is 11.4 Å². The van der Waals surface area contributed by atoms with E-state index in [1.165, 1.54) is 24.3 Å². The molecule has 0 bridgehead atoms. The van der Waals surface area contributed by atoms with Crippen molar-refractivity contribution in [2.75, 3.05) is 0 Å². The molecule has 0 saturated heterocycles. The minimum Gasteiger partial charge on any atom is -0.238 e. The maximum absolute atomic E-state index is 17.0. The average molecular weight is 638 g/mol. The number of nitrogens with zero attached hydrogens (tertiary/aromatic N) is 8. The van der Waals surface area contributed by atoms with Crippen molar-refractivity contribution in [2.45, 2.75) is 0 Å². The molecule has 0 radical (unpaired) electrons. The molecule has 5 rings (SSSR count). The summed E-state index contributed by atoms with van der Waals surface area (Å²) in [5.74, 6) is -9.47. The predicted molar refractivity (Wildman–Crippen MR) is 154 cm³/mol. The Morgan fingerprint density at radius 1 is 0.542 bits per heavy atom. The summed E-state index contributed by atoms with van der Waals surface area (Å²) >= 11 is 0. The molecule has 3 aromatic carbocycles. The van der Waals surface area contributed by atoms with Crippen LogP contribution in [0.2, 0.25) is 0 Å². The summed E-state index contributed by atoms with van der Waals surface area (Å²) in [4.78, 5) is 11.9. The zero-order valence-corrected chi connectivity index (χ0v) is 23.2. The minimum atomic E-state index is -1.71. The zero-order valence-electron chi connectivity index (χ0n) is 23.2. The standard InChI is InChI=1S/C34H4F6N8/c1-45-14-7-18(37)25(19(38)8-14)30-27(21(12-44)47-3)29-31(34(30)48-4)33(40)28-23(32(29)39)15(10-42)22(26(28)20(11-43)46-2)24-16(35)5-13(9-41)6-17(24)36/h5-8H/b26-20-,27-21-. The molecule has 8 nitrogen and oxygen atoms in total. The SMILES string of the molecule is [C-]#[N+]C1=C(c2c(F)cc([N+]#[C-])cc2F)/C(=C(/C#N)[N+]#[C-])c2c(F)c3c(c(F)c21)/C(=C(/C#N)[N+]#[C-])C(c1c(F)cc(C#N)cc1F)=C3C#N. The second kappa shape index (κ2) is 11.6. The summed E-state index contributed by atoms with van der Waals surface area (Å²) in [6, 6.07) is 7.90. The summed E-state index contributed by atoms with van der Waals surface area (Å²) in [5.41, 5.74) is -15.9. The lowest BCUT2D eigenvalue weighted by atomic mass is 9.90. The van der Waals surface area contributed by atoms with Gasteiger partial charge < -0.3 is 0 Å². The van der Waals surface area contributed by atoms with Gasteiger partial charge in [-0.1, -0.05) is 0 Å². The number of nitriles is 4. The molecule has 2 aliphatic rings. The van der Waals surface area contributed by atoms with E-state index >= 15 is 26.3 Å². The van der Waals surface area contributed by atoms with Crippen LogP contribution in [0.1, 0.15) is 38.9 Å². The number of allylic oxidation sites excluding steroid dienone is 7. The van der Waals surface area contributed by atoms with E-state index in [9.17, 15) is 15.8 Å². The minimum absolute atomic E-state index is 0.530. The van der Waals surface area contributed by atoms with E-state index in [0.717, 1.165) is 0 Å². The second-order valence-corrected chi connectivity index (χ2v) is 9.54. The topological polar surface area (TPSA) is 113 Å². The fourth-order valence-electron chi connectivity index (χ4n) is 5.56. The first kappa shape index (κ1) is 31.5. The Hall–Kier alpha value is -7.88. The molecule has 48 heavy (non-hydrogen) atoms. The van der Waals surface area contributed by atoms with Crippen molar-refractivity contribution in [3.63, 3.8) is 0 Å². The van der Waals surface area contributed by atoms with Crippen molar-refractivity contribution in [3.8, 4) is 24.3 Å². The van der Waals surface area contributed by atoms with Crippen molar-refractivity contribution in [1.82, 2.24) is 0 Å². The van der Waals surface area contributed by atoms with Crippen LogP contribution in [-0.4, -0.2) is 0 Å². The van der Waals surface area contributed by atoms with Gasteiger partial charge in [-0.05, 0) is 35.4 Å². The van der Waals surface area contributed by atoms with E-state index in [2.05, 4.69) is 19.4 Å².